The number of hydrogen-bond donors (Lipinski definition) is 2. The van der Waals surface area contributed by atoms with Crippen molar-refractivity contribution in [3.05, 3.63) is 0 Å². The van der Waals surface area contributed by atoms with Crippen molar-refractivity contribution in [3.8, 4) is 0 Å². The highest BCUT2D eigenvalue weighted by Gasteiger charge is 2.50. The summed E-state index contributed by atoms with van der Waals surface area (Å²) in [6.07, 6.45) is 1.93. The summed E-state index contributed by atoms with van der Waals surface area (Å²) in [5, 5.41) is 6.42. The van der Waals surface area contributed by atoms with Crippen molar-refractivity contribution in [1.29, 1.82) is 0 Å². The molecule has 12 heteroatoms. The van der Waals surface area contributed by atoms with Gasteiger partial charge in [-0.1, -0.05) is 0 Å². The number of aliphatic imine (C=N–C) groups is 1. The third kappa shape index (κ3) is 7.17. The summed E-state index contributed by atoms with van der Waals surface area (Å²) in [4.78, 5) is 6.89. The Balaban J connectivity index is 0.00000392. The van der Waals surface area contributed by atoms with Crippen LogP contribution in [0.2, 0.25) is 0 Å². The van der Waals surface area contributed by atoms with E-state index in [-0.39, 0.29) is 43.0 Å². The molecule has 0 amide bonds. The van der Waals surface area contributed by atoms with Crippen molar-refractivity contribution in [2.45, 2.75) is 31.7 Å². The van der Waals surface area contributed by atoms with Crippen LogP contribution in [0.1, 0.15) is 26.2 Å². The number of guanidine groups is 1. The van der Waals surface area contributed by atoms with E-state index in [4.69, 9.17) is 0 Å². The maximum absolute atomic E-state index is 12.6. The molecule has 7 nitrogen and oxygen atoms in total. The highest BCUT2D eigenvalue weighted by Crippen LogP contribution is 2.30. The fourth-order valence-corrected chi connectivity index (χ4v) is 4.46. The topological polar surface area (TPSA) is 77.0 Å². The highest BCUT2D eigenvalue weighted by molar-refractivity contribution is 14.0. The monoisotopic (exact) mass is 541 g/mol. The summed E-state index contributed by atoms with van der Waals surface area (Å²) in [6.45, 7) is 5.92. The molecule has 2 saturated heterocycles. The van der Waals surface area contributed by atoms with Crippen LogP contribution in [-0.2, 0) is 10.0 Å². The van der Waals surface area contributed by atoms with Crippen LogP contribution in [0.25, 0.3) is 0 Å². The van der Waals surface area contributed by atoms with E-state index in [1.54, 1.807) is 0 Å². The van der Waals surface area contributed by atoms with Crippen LogP contribution in [0.5, 0.6) is 0 Å². The number of rotatable bonds is 6. The molecular formula is C16H31F3IN5O2S. The van der Waals surface area contributed by atoms with Gasteiger partial charge in [-0.25, -0.2) is 8.42 Å². The lowest BCUT2D eigenvalue weighted by Crippen LogP contribution is -2.47. The van der Waals surface area contributed by atoms with E-state index in [1.807, 2.05) is 6.92 Å². The first-order valence-corrected chi connectivity index (χ1v) is 10.8. The Bertz CT molecular complexity index is 610. The number of sulfonamides is 1. The number of alkyl halides is 3. The van der Waals surface area contributed by atoms with Gasteiger partial charge >= 0.3 is 15.5 Å². The van der Waals surface area contributed by atoms with Crippen molar-refractivity contribution < 1.29 is 21.6 Å². The second kappa shape index (κ2) is 11.2. The maximum atomic E-state index is 12.6. The first-order chi connectivity index (χ1) is 12.6. The Morgan fingerprint density at radius 2 is 1.71 bits per heavy atom. The van der Waals surface area contributed by atoms with E-state index < -0.39 is 15.5 Å². The third-order valence-corrected chi connectivity index (χ3v) is 6.73. The van der Waals surface area contributed by atoms with Crippen LogP contribution >= 0.6 is 24.0 Å². The van der Waals surface area contributed by atoms with Gasteiger partial charge in [0.15, 0.2) is 5.96 Å². The molecule has 2 N–H and O–H groups in total. The molecule has 0 aromatic rings. The van der Waals surface area contributed by atoms with Crippen LogP contribution in [-0.4, -0.2) is 82.0 Å². The summed E-state index contributed by atoms with van der Waals surface area (Å²) in [7, 11) is -3.12. The van der Waals surface area contributed by atoms with Gasteiger partial charge in [-0.3, -0.25) is 4.99 Å². The number of nitrogens with one attached hydrogen (secondary N) is 2. The van der Waals surface area contributed by atoms with Crippen molar-refractivity contribution in [2.75, 3.05) is 52.9 Å². The van der Waals surface area contributed by atoms with Crippen LogP contribution in [0.15, 0.2) is 4.99 Å². The lowest BCUT2D eigenvalue weighted by molar-refractivity contribution is -0.0496. The molecule has 2 aliphatic heterocycles. The van der Waals surface area contributed by atoms with Crippen LogP contribution in [0, 0.1) is 11.8 Å². The number of likely N-dealkylation sites (tertiary alicyclic amines) is 1. The van der Waals surface area contributed by atoms with Crippen molar-refractivity contribution in [2.24, 2.45) is 16.8 Å². The second-order valence-electron chi connectivity index (χ2n) is 7.31. The lowest BCUT2D eigenvalue weighted by Gasteiger charge is -2.31. The van der Waals surface area contributed by atoms with Gasteiger partial charge in [0.1, 0.15) is 0 Å². The van der Waals surface area contributed by atoms with Crippen molar-refractivity contribution in [1.82, 2.24) is 19.8 Å². The molecule has 1 unspecified atom stereocenters. The van der Waals surface area contributed by atoms with E-state index in [9.17, 15) is 21.6 Å². The lowest BCUT2D eigenvalue weighted by atomic mass is 9.98. The predicted molar refractivity (Wildman–Crippen MR) is 114 cm³/mol. The summed E-state index contributed by atoms with van der Waals surface area (Å²) in [6, 6.07) is 0. The molecule has 2 heterocycles. The van der Waals surface area contributed by atoms with Crippen molar-refractivity contribution >= 4 is 40.0 Å². The standard InChI is InChI=1S/C16H30F3N5O2S.HI/c1-3-20-15(22-11-14-4-7-23(2)12-14)21-10-13-5-8-24(9-6-13)27(25,26)16(17,18)19;/h13-14H,3-12H2,1-2H3,(H2,20,21,22);1H. The fraction of sp³-hybridized carbons (Fsp3) is 0.938. The van der Waals surface area contributed by atoms with E-state index in [2.05, 4.69) is 27.6 Å². The second-order valence-corrected chi connectivity index (χ2v) is 9.24. The molecule has 2 rings (SSSR count). The molecule has 1 atom stereocenters. The van der Waals surface area contributed by atoms with Crippen LogP contribution < -0.4 is 10.6 Å². The number of piperidine rings is 1. The summed E-state index contributed by atoms with van der Waals surface area (Å²) in [5.74, 6) is 1.37. The average molecular weight is 541 g/mol. The minimum atomic E-state index is -5.22. The molecule has 0 spiro atoms. The first-order valence-electron chi connectivity index (χ1n) is 9.40. The average Bonchev–Trinajstić information content (AvgIpc) is 3.02. The minimum Gasteiger partial charge on any atom is -0.357 e. The van der Waals surface area contributed by atoms with E-state index in [0.717, 1.165) is 32.6 Å². The van der Waals surface area contributed by atoms with Gasteiger partial charge in [0.2, 0.25) is 0 Å². The van der Waals surface area contributed by atoms with Crippen LogP contribution in [0.4, 0.5) is 13.2 Å². The Morgan fingerprint density at radius 3 is 2.21 bits per heavy atom. The molecule has 0 radical (unpaired) electrons. The van der Waals surface area contributed by atoms with Gasteiger partial charge in [-0.05, 0) is 51.6 Å². The Hall–Kier alpha value is -0.340. The molecule has 2 aliphatic rings. The normalized spacial score (nSPS) is 23.5. The summed E-state index contributed by atoms with van der Waals surface area (Å²) < 4.78 is 61.3. The van der Waals surface area contributed by atoms with Crippen LogP contribution in [0.3, 0.4) is 0 Å². The molecule has 0 aliphatic carbocycles. The molecular weight excluding hydrogens is 510 g/mol. The molecule has 0 saturated carbocycles. The maximum Gasteiger partial charge on any atom is 0.511 e. The Labute approximate surface area is 182 Å². The molecule has 0 aromatic carbocycles. The first kappa shape index (κ1) is 25.7. The SMILES string of the molecule is CCNC(=NCC1CCN(C)C1)NCC1CCN(S(=O)(=O)C(F)(F)F)CC1.I. The third-order valence-electron chi connectivity index (χ3n) is 5.10. The van der Waals surface area contributed by atoms with E-state index in [1.165, 1.54) is 0 Å². The fourth-order valence-electron chi connectivity index (χ4n) is 3.48. The smallest absolute Gasteiger partial charge is 0.357 e. The molecule has 28 heavy (non-hydrogen) atoms. The van der Waals surface area contributed by atoms with Gasteiger partial charge in [-0.15, -0.1) is 24.0 Å². The van der Waals surface area contributed by atoms with Gasteiger partial charge < -0.3 is 15.5 Å². The number of halogens is 4. The minimum absolute atomic E-state index is 0. The molecule has 2 fully saturated rings. The zero-order valence-corrected chi connectivity index (χ0v) is 19.5. The summed E-state index contributed by atoms with van der Waals surface area (Å²) >= 11 is 0. The molecule has 0 aromatic heterocycles. The molecule has 0 bridgehead atoms. The quantitative estimate of drug-likeness (QED) is 0.304. The van der Waals surface area contributed by atoms with Crippen molar-refractivity contribution in [3.63, 3.8) is 0 Å². The summed E-state index contributed by atoms with van der Waals surface area (Å²) in [5.41, 5.74) is -5.22. The Kier molecular flexibility index (Phi) is 10.2. The zero-order valence-electron chi connectivity index (χ0n) is 16.3. The number of nitrogens with zero attached hydrogens (tertiary/aromatic N) is 3. The highest BCUT2D eigenvalue weighted by atomic mass is 127. The van der Waals surface area contributed by atoms with Gasteiger partial charge in [-0.2, -0.15) is 17.5 Å². The molecule has 166 valence electrons. The van der Waals surface area contributed by atoms with Gasteiger partial charge in [0.25, 0.3) is 0 Å². The van der Waals surface area contributed by atoms with Gasteiger partial charge in [0.05, 0.1) is 0 Å². The largest absolute Gasteiger partial charge is 0.511 e. The van der Waals surface area contributed by atoms with E-state index >= 15 is 0 Å². The van der Waals surface area contributed by atoms with Gasteiger partial charge in [0, 0.05) is 39.3 Å². The van der Waals surface area contributed by atoms with E-state index in [0.29, 0.717) is 35.6 Å². The Morgan fingerprint density at radius 1 is 1.11 bits per heavy atom. The predicted octanol–water partition coefficient (Wildman–Crippen LogP) is 1.67. The number of hydrogen-bond acceptors (Lipinski definition) is 4. The zero-order chi connectivity index (χ0) is 20.1.